The maximum Gasteiger partial charge on any atom is 0.266 e. The Hall–Kier alpha value is -3.61. The molecule has 26 heavy (non-hydrogen) atoms. The fraction of sp³-hybridized carbons (Fsp3) is 0.105. The van der Waals surface area contributed by atoms with Crippen LogP contribution in [0.3, 0.4) is 0 Å². The molecule has 0 aliphatic heterocycles. The summed E-state index contributed by atoms with van der Waals surface area (Å²) in [7, 11) is 2.99. The molecule has 2 heterocycles. The number of aromatic amines is 1. The second-order valence-electron chi connectivity index (χ2n) is 5.63. The van der Waals surface area contributed by atoms with Crippen molar-refractivity contribution < 1.29 is 13.9 Å². The first-order chi connectivity index (χ1) is 12.6. The summed E-state index contributed by atoms with van der Waals surface area (Å²) >= 11 is 0. The third kappa shape index (κ3) is 2.50. The molecule has 0 unspecified atom stereocenters. The Balaban J connectivity index is 2.00. The number of hydrogen-bond acceptors (Lipinski definition) is 6. The van der Waals surface area contributed by atoms with E-state index >= 15 is 0 Å². The zero-order valence-corrected chi connectivity index (χ0v) is 14.0. The van der Waals surface area contributed by atoms with Gasteiger partial charge in [-0.05, 0) is 30.3 Å². The largest absolute Gasteiger partial charge is 0.493 e. The van der Waals surface area contributed by atoms with Crippen molar-refractivity contribution >= 4 is 22.0 Å². The normalized spacial score (nSPS) is 11.0. The van der Waals surface area contributed by atoms with Gasteiger partial charge in [-0.3, -0.25) is 9.59 Å². The van der Waals surface area contributed by atoms with Gasteiger partial charge in [0.05, 0.1) is 36.8 Å². The van der Waals surface area contributed by atoms with Crippen molar-refractivity contribution in [2.75, 3.05) is 14.2 Å². The summed E-state index contributed by atoms with van der Waals surface area (Å²) in [4.78, 5) is 30.8. The smallest absolute Gasteiger partial charge is 0.266 e. The lowest BCUT2D eigenvalue weighted by atomic mass is 10.1. The van der Waals surface area contributed by atoms with Gasteiger partial charge in [-0.15, -0.1) is 0 Å². The van der Waals surface area contributed by atoms with Crippen molar-refractivity contribution in [1.29, 1.82) is 0 Å². The molecule has 0 saturated heterocycles. The van der Waals surface area contributed by atoms with E-state index in [1.165, 1.54) is 26.5 Å². The van der Waals surface area contributed by atoms with Crippen molar-refractivity contribution in [2.24, 2.45) is 0 Å². The van der Waals surface area contributed by atoms with Gasteiger partial charge in [0, 0.05) is 11.6 Å². The average molecular weight is 350 g/mol. The second-order valence-corrected chi connectivity index (χ2v) is 5.63. The lowest BCUT2D eigenvalue weighted by molar-refractivity contribution is 0.353. The Morgan fingerprint density at radius 1 is 1.04 bits per heavy atom. The van der Waals surface area contributed by atoms with Gasteiger partial charge in [0.25, 0.3) is 5.56 Å². The number of ether oxygens (including phenoxy) is 2. The van der Waals surface area contributed by atoms with E-state index in [9.17, 15) is 9.59 Å². The summed E-state index contributed by atoms with van der Waals surface area (Å²) in [5.41, 5.74) is 1.60. The number of benzene rings is 2. The molecular weight excluding hydrogens is 336 g/mol. The van der Waals surface area contributed by atoms with Gasteiger partial charge in [-0.25, -0.2) is 4.98 Å². The molecule has 0 aliphatic carbocycles. The molecule has 0 saturated carbocycles. The Labute approximate surface area is 146 Å². The lowest BCUT2D eigenvalue weighted by Gasteiger charge is -2.11. The lowest BCUT2D eigenvalue weighted by Crippen LogP contribution is -2.05. The van der Waals surface area contributed by atoms with Crippen LogP contribution in [-0.4, -0.2) is 24.2 Å². The number of rotatable bonds is 3. The van der Waals surface area contributed by atoms with Crippen LogP contribution in [0.5, 0.6) is 11.5 Å². The topological polar surface area (TPSA) is 94.4 Å². The molecule has 0 bridgehead atoms. The highest BCUT2D eigenvalue weighted by Crippen LogP contribution is 2.36. The number of nitrogens with zero attached hydrogens (tertiary/aromatic N) is 1. The molecule has 4 rings (SSSR count). The predicted molar refractivity (Wildman–Crippen MR) is 96.9 cm³/mol. The fourth-order valence-electron chi connectivity index (χ4n) is 2.87. The number of methoxy groups -OCH3 is 2. The summed E-state index contributed by atoms with van der Waals surface area (Å²) in [6.07, 6.45) is 1.22. The van der Waals surface area contributed by atoms with Gasteiger partial charge in [0.2, 0.25) is 5.75 Å². The highest BCUT2D eigenvalue weighted by atomic mass is 16.5. The van der Waals surface area contributed by atoms with Crippen LogP contribution in [0.15, 0.2) is 56.6 Å². The monoisotopic (exact) mass is 350 g/mol. The van der Waals surface area contributed by atoms with Crippen LogP contribution in [0.2, 0.25) is 0 Å². The first-order valence-corrected chi connectivity index (χ1v) is 7.79. The van der Waals surface area contributed by atoms with E-state index in [1.807, 2.05) is 0 Å². The molecule has 7 nitrogen and oxygen atoms in total. The van der Waals surface area contributed by atoms with Gasteiger partial charge in [-0.1, -0.05) is 0 Å². The minimum atomic E-state index is -0.305. The van der Waals surface area contributed by atoms with Crippen molar-refractivity contribution in [3.05, 3.63) is 63.2 Å². The fourth-order valence-corrected chi connectivity index (χ4v) is 2.87. The number of fused-ring (bicyclic) bond motifs is 2. The SMILES string of the molecule is COc1ccc2c(=O)cc(-c3ccc4ncc(=O)[nH]c4c3)oc2c1OC. The Morgan fingerprint density at radius 3 is 2.65 bits per heavy atom. The van der Waals surface area contributed by atoms with Crippen molar-refractivity contribution in [1.82, 2.24) is 9.97 Å². The molecular formula is C19H14N2O5. The van der Waals surface area contributed by atoms with Gasteiger partial charge < -0.3 is 18.9 Å². The summed E-state index contributed by atoms with van der Waals surface area (Å²) in [5, 5.41) is 0.391. The summed E-state index contributed by atoms with van der Waals surface area (Å²) in [6, 6.07) is 9.92. The number of aromatic nitrogens is 2. The van der Waals surface area contributed by atoms with Gasteiger partial charge in [-0.2, -0.15) is 0 Å². The highest BCUT2D eigenvalue weighted by molar-refractivity contribution is 5.87. The Morgan fingerprint density at radius 2 is 1.88 bits per heavy atom. The molecule has 0 spiro atoms. The van der Waals surface area contributed by atoms with E-state index in [1.54, 1.807) is 30.3 Å². The zero-order chi connectivity index (χ0) is 18.3. The minimum Gasteiger partial charge on any atom is -0.493 e. The van der Waals surface area contributed by atoms with Crippen LogP contribution in [0.25, 0.3) is 33.3 Å². The van der Waals surface area contributed by atoms with Gasteiger partial charge in [0.15, 0.2) is 16.8 Å². The number of nitrogens with one attached hydrogen (secondary N) is 1. The molecule has 0 radical (unpaired) electrons. The summed E-state index contributed by atoms with van der Waals surface area (Å²) < 4.78 is 16.6. The van der Waals surface area contributed by atoms with Crippen molar-refractivity contribution in [3.8, 4) is 22.8 Å². The molecule has 0 aliphatic rings. The van der Waals surface area contributed by atoms with Gasteiger partial charge in [0.1, 0.15) is 5.76 Å². The van der Waals surface area contributed by atoms with Crippen LogP contribution >= 0.6 is 0 Å². The first-order valence-electron chi connectivity index (χ1n) is 7.79. The molecule has 7 heteroatoms. The predicted octanol–water partition coefficient (Wildman–Crippen LogP) is 2.71. The van der Waals surface area contributed by atoms with E-state index in [0.717, 1.165) is 0 Å². The summed E-state index contributed by atoms with van der Waals surface area (Å²) in [5.74, 6) is 1.16. The zero-order valence-electron chi connectivity index (χ0n) is 14.0. The third-order valence-corrected chi connectivity index (χ3v) is 4.10. The van der Waals surface area contributed by atoms with Crippen LogP contribution in [0, 0.1) is 0 Å². The number of H-pyrrole nitrogens is 1. The van der Waals surface area contributed by atoms with Crippen LogP contribution < -0.4 is 20.5 Å². The maximum absolute atomic E-state index is 12.5. The molecule has 0 amide bonds. The molecule has 2 aromatic heterocycles. The van der Waals surface area contributed by atoms with E-state index < -0.39 is 0 Å². The first kappa shape index (κ1) is 15.9. The van der Waals surface area contributed by atoms with Gasteiger partial charge >= 0.3 is 0 Å². The van der Waals surface area contributed by atoms with Crippen LogP contribution in [0.4, 0.5) is 0 Å². The maximum atomic E-state index is 12.5. The van der Waals surface area contributed by atoms with E-state index in [0.29, 0.717) is 44.8 Å². The molecule has 4 aromatic rings. The molecule has 2 aromatic carbocycles. The standard InChI is InChI=1S/C19H14N2O5/c1-24-15-6-4-11-14(22)8-16(26-18(11)19(15)25-2)10-3-5-12-13(7-10)21-17(23)9-20-12/h3-9H,1-2H3,(H,21,23). The highest BCUT2D eigenvalue weighted by Gasteiger charge is 2.15. The van der Waals surface area contributed by atoms with Crippen LogP contribution in [0.1, 0.15) is 0 Å². The molecule has 0 atom stereocenters. The third-order valence-electron chi connectivity index (χ3n) is 4.10. The molecule has 0 fully saturated rings. The van der Waals surface area contributed by atoms with Crippen molar-refractivity contribution in [2.45, 2.75) is 0 Å². The Kier molecular flexibility index (Phi) is 3.69. The average Bonchev–Trinajstić information content (AvgIpc) is 2.66. The second kappa shape index (κ2) is 6.03. The number of hydrogen-bond donors (Lipinski definition) is 1. The Bertz CT molecular complexity index is 1260. The molecule has 1 N–H and O–H groups in total. The van der Waals surface area contributed by atoms with E-state index in [4.69, 9.17) is 13.9 Å². The summed E-state index contributed by atoms with van der Waals surface area (Å²) in [6.45, 7) is 0. The quantitative estimate of drug-likeness (QED) is 0.610. The molecule has 130 valence electrons. The van der Waals surface area contributed by atoms with E-state index in [2.05, 4.69) is 9.97 Å². The van der Waals surface area contributed by atoms with E-state index in [-0.39, 0.29) is 11.0 Å². The van der Waals surface area contributed by atoms with Crippen LogP contribution in [-0.2, 0) is 0 Å². The minimum absolute atomic E-state index is 0.206. The van der Waals surface area contributed by atoms with Crippen molar-refractivity contribution in [3.63, 3.8) is 0 Å².